The normalized spacial score (nSPS) is 10.3. The Morgan fingerprint density at radius 2 is 2.33 bits per heavy atom. The Bertz CT molecular complexity index is 453. The van der Waals surface area contributed by atoms with Crippen LogP contribution in [0.25, 0.3) is 0 Å². The number of nitrogens with two attached hydrogens (primary N) is 1. The Balaban J connectivity index is 2.16. The van der Waals surface area contributed by atoms with Gasteiger partial charge in [-0.3, -0.25) is 4.68 Å². The lowest BCUT2D eigenvalue weighted by atomic mass is 10.3. The Labute approximate surface area is 95.4 Å². The van der Waals surface area contributed by atoms with Crippen molar-refractivity contribution in [2.75, 3.05) is 5.43 Å². The standard InChI is InChI=1S/C9H10BrN5/c10-7-4-12-15(5-7)6-8-2-1-3-9(13-8)14-11/h1-5H,6,11H2,(H,13,14). The van der Waals surface area contributed by atoms with Crippen LogP contribution in [0, 0.1) is 0 Å². The van der Waals surface area contributed by atoms with Gasteiger partial charge in [0, 0.05) is 6.20 Å². The van der Waals surface area contributed by atoms with Crippen LogP contribution >= 0.6 is 15.9 Å². The average Bonchev–Trinajstić information content (AvgIpc) is 2.64. The Morgan fingerprint density at radius 1 is 1.47 bits per heavy atom. The van der Waals surface area contributed by atoms with E-state index in [2.05, 4.69) is 31.4 Å². The molecule has 0 aliphatic carbocycles. The van der Waals surface area contributed by atoms with Crippen LogP contribution in [0.5, 0.6) is 0 Å². The zero-order chi connectivity index (χ0) is 10.7. The maximum Gasteiger partial charge on any atom is 0.140 e. The highest BCUT2D eigenvalue weighted by molar-refractivity contribution is 9.10. The summed E-state index contributed by atoms with van der Waals surface area (Å²) in [7, 11) is 0. The van der Waals surface area contributed by atoms with Gasteiger partial charge in [-0.05, 0) is 28.1 Å². The number of nitrogen functional groups attached to an aromatic ring is 1. The lowest BCUT2D eigenvalue weighted by Gasteiger charge is -2.03. The summed E-state index contributed by atoms with van der Waals surface area (Å²) in [6.07, 6.45) is 3.63. The SMILES string of the molecule is NNc1cccc(Cn2cc(Br)cn2)n1. The molecule has 0 amide bonds. The van der Waals surface area contributed by atoms with Gasteiger partial charge in [0.1, 0.15) is 5.82 Å². The number of rotatable bonds is 3. The van der Waals surface area contributed by atoms with Crippen LogP contribution in [0.15, 0.2) is 35.1 Å². The van der Waals surface area contributed by atoms with Crippen molar-refractivity contribution < 1.29 is 0 Å². The van der Waals surface area contributed by atoms with Crippen molar-refractivity contribution >= 4 is 21.7 Å². The van der Waals surface area contributed by atoms with Gasteiger partial charge in [0.05, 0.1) is 22.9 Å². The minimum Gasteiger partial charge on any atom is -0.308 e. The highest BCUT2D eigenvalue weighted by Crippen LogP contribution is 2.09. The summed E-state index contributed by atoms with van der Waals surface area (Å²) in [5.41, 5.74) is 3.41. The molecule has 0 aromatic carbocycles. The number of hydrogen-bond donors (Lipinski definition) is 2. The number of anilines is 1. The molecule has 0 fully saturated rings. The summed E-state index contributed by atoms with van der Waals surface area (Å²) < 4.78 is 2.75. The fourth-order valence-corrected chi connectivity index (χ4v) is 1.57. The molecule has 2 rings (SSSR count). The van der Waals surface area contributed by atoms with Crippen molar-refractivity contribution in [3.05, 3.63) is 40.8 Å². The second-order valence-corrected chi connectivity index (χ2v) is 3.93. The Hall–Kier alpha value is -1.40. The average molecular weight is 268 g/mol. The van der Waals surface area contributed by atoms with Gasteiger partial charge in [0.25, 0.3) is 0 Å². The highest BCUT2D eigenvalue weighted by atomic mass is 79.9. The third-order valence-corrected chi connectivity index (χ3v) is 2.29. The molecule has 78 valence electrons. The molecule has 0 bridgehead atoms. The van der Waals surface area contributed by atoms with E-state index in [1.54, 1.807) is 10.9 Å². The van der Waals surface area contributed by atoms with E-state index in [1.165, 1.54) is 0 Å². The summed E-state index contributed by atoms with van der Waals surface area (Å²) in [6, 6.07) is 5.63. The number of aromatic nitrogens is 3. The van der Waals surface area contributed by atoms with Crippen molar-refractivity contribution in [2.24, 2.45) is 5.84 Å². The van der Waals surface area contributed by atoms with Gasteiger partial charge in [-0.2, -0.15) is 5.10 Å². The monoisotopic (exact) mass is 267 g/mol. The molecule has 0 spiro atoms. The van der Waals surface area contributed by atoms with E-state index < -0.39 is 0 Å². The van der Waals surface area contributed by atoms with Crippen molar-refractivity contribution in [1.82, 2.24) is 14.8 Å². The number of nitrogens with one attached hydrogen (secondary N) is 1. The van der Waals surface area contributed by atoms with Crippen molar-refractivity contribution in [3.63, 3.8) is 0 Å². The second-order valence-electron chi connectivity index (χ2n) is 3.01. The third-order valence-electron chi connectivity index (χ3n) is 1.88. The van der Waals surface area contributed by atoms with Crippen LogP contribution in [0.3, 0.4) is 0 Å². The van der Waals surface area contributed by atoms with Crippen molar-refractivity contribution in [3.8, 4) is 0 Å². The number of halogens is 1. The van der Waals surface area contributed by atoms with E-state index in [9.17, 15) is 0 Å². The molecule has 0 aliphatic rings. The van der Waals surface area contributed by atoms with E-state index in [1.807, 2.05) is 24.4 Å². The van der Waals surface area contributed by atoms with Gasteiger partial charge >= 0.3 is 0 Å². The van der Waals surface area contributed by atoms with Gasteiger partial charge in [0.2, 0.25) is 0 Å². The Kier molecular flexibility index (Phi) is 2.98. The molecular weight excluding hydrogens is 258 g/mol. The lowest BCUT2D eigenvalue weighted by Crippen LogP contribution is -2.10. The predicted octanol–water partition coefficient (Wildman–Crippen LogP) is 1.37. The van der Waals surface area contributed by atoms with Crippen LogP contribution in [0.1, 0.15) is 5.69 Å². The van der Waals surface area contributed by atoms with E-state index in [0.717, 1.165) is 10.2 Å². The summed E-state index contributed by atoms with van der Waals surface area (Å²) in [6.45, 7) is 0.626. The molecule has 0 radical (unpaired) electrons. The first-order chi connectivity index (χ1) is 7.28. The molecule has 0 saturated carbocycles. The number of hydrazine groups is 1. The van der Waals surface area contributed by atoms with Gasteiger partial charge in [0.15, 0.2) is 0 Å². The zero-order valence-electron chi connectivity index (χ0n) is 7.89. The van der Waals surface area contributed by atoms with Gasteiger partial charge < -0.3 is 5.43 Å². The van der Waals surface area contributed by atoms with Crippen LogP contribution < -0.4 is 11.3 Å². The first kappa shape index (κ1) is 10.1. The fourth-order valence-electron chi connectivity index (χ4n) is 1.24. The largest absolute Gasteiger partial charge is 0.308 e. The van der Waals surface area contributed by atoms with E-state index in [0.29, 0.717) is 12.4 Å². The minimum absolute atomic E-state index is 0.626. The zero-order valence-corrected chi connectivity index (χ0v) is 9.48. The molecule has 0 unspecified atom stereocenters. The van der Waals surface area contributed by atoms with E-state index in [-0.39, 0.29) is 0 Å². The summed E-state index contributed by atoms with van der Waals surface area (Å²) in [5, 5.41) is 4.14. The summed E-state index contributed by atoms with van der Waals surface area (Å²) in [4.78, 5) is 4.28. The van der Waals surface area contributed by atoms with Gasteiger partial charge in [-0.25, -0.2) is 10.8 Å². The van der Waals surface area contributed by atoms with Crippen molar-refractivity contribution in [1.29, 1.82) is 0 Å². The van der Waals surface area contributed by atoms with E-state index in [4.69, 9.17) is 5.84 Å². The molecule has 15 heavy (non-hydrogen) atoms. The molecule has 2 aromatic rings. The lowest BCUT2D eigenvalue weighted by molar-refractivity contribution is 0.673. The number of nitrogens with zero attached hydrogens (tertiary/aromatic N) is 3. The van der Waals surface area contributed by atoms with Crippen LogP contribution in [-0.4, -0.2) is 14.8 Å². The Morgan fingerprint density at radius 3 is 3.00 bits per heavy atom. The topological polar surface area (TPSA) is 68.8 Å². The number of pyridine rings is 1. The summed E-state index contributed by atoms with van der Waals surface area (Å²) in [5.74, 6) is 5.93. The van der Waals surface area contributed by atoms with Crippen molar-refractivity contribution in [2.45, 2.75) is 6.54 Å². The van der Waals surface area contributed by atoms with Crippen LogP contribution in [0.2, 0.25) is 0 Å². The second kappa shape index (κ2) is 4.41. The molecule has 0 atom stereocenters. The molecule has 6 heteroatoms. The van der Waals surface area contributed by atoms with Crippen LogP contribution in [0.4, 0.5) is 5.82 Å². The maximum atomic E-state index is 5.27. The maximum absolute atomic E-state index is 5.27. The molecule has 2 heterocycles. The molecular formula is C9H10BrN5. The number of hydrogen-bond acceptors (Lipinski definition) is 4. The predicted molar refractivity (Wildman–Crippen MR) is 61.1 cm³/mol. The fraction of sp³-hybridized carbons (Fsp3) is 0.111. The summed E-state index contributed by atoms with van der Waals surface area (Å²) >= 11 is 3.34. The first-order valence-electron chi connectivity index (χ1n) is 4.38. The highest BCUT2D eigenvalue weighted by Gasteiger charge is 1.99. The molecule has 2 aromatic heterocycles. The molecule has 5 nitrogen and oxygen atoms in total. The first-order valence-corrected chi connectivity index (χ1v) is 5.18. The van der Waals surface area contributed by atoms with E-state index >= 15 is 0 Å². The smallest absolute Gasteiger partial charge is 0.140 e. The quantitative estimate of drug-likeness (QED) is 0.651. The molecule has 0 saturated heterocycles. The van der Waals surface area contributed by atoms with Gasteiger partial charge in [-0.1, -0.05) is 6.07 Å². The minimum atomic E-state index is 0.626. The molecule has 0 aliphatic heterocycles. The third kappa shape index (κ3) is 2.54. The van der Waals surface area contributed by atoms with Crippen LogP contribution in [-0.2, 0) is 6.54 Å². The molecule has 3 N–H and O–H groups in total. The van der Waals surface area contributed by atoms with Gasteiger partial charge in [-0.15, -0.1) is 0 Å².